The Hall–Kier alpha value is -2.20. The third-order valence-corrected chi connectivity index (χ3v) is 7.03. The van der Waals surface area contributed by atoms with Crippen LogP contribution in [-0.2, 0) is 25.8 Å². The van der Waals surface area contributed by atoms with Crippen molar-refractivity contribution in [3.63, 3.8) is 0 Å². The fourth-order valence-electron chi connectivity index (χ4n) is 3.08. The maximum atomic E-state index is 12.2. The van der Waals surface area contributed by atoms with E-state index in [2.05, 4.69) is 11.9 Å². The molecule has 1 aromatic heterocycles. The fraction of sp³-hybridized carbons (Fsp3) is 0.611. The lowest BCUT2D eigenvalue weighted by Crippen LogP contribution is -2.51. The van der Waals surface area contributed by atoms with E-state index >= 15 is 0 Å². The molecule has 0 saturated carbocycles. The molecule has 28 heavy (non-hydrogen) atoms. The topological polar surface area (TPSA) is 126 Å². The molecule has 10 heteroatoms. The van der Waals surface area contributed by atoms with Crippen molar-refractivity contribution in [3.05, 3.63) is 23.9 Å². The lowest BCUT2D eigenvalue weighted by atomic mass is 10.0. The highest BCUT2D eigenvalue weighted by Gasteiger charge is 2.48. The van der Waals surface area contributed by atoms with Crippen LogP contribution in [0.4, 0.5) is 10.6 Å². The Labute approximate surface area is 165 Å². The van der Waals surface area contributed by atoms with E-state index in [1.54, 1.807) is 12.3 Å². The first-order valence-corrected chi connectivity index (χ1v) is 11.1. The number of sulfone groups is 1. The van der Waals surface area contributed by atoms with E-state index in [4.69, 9.17) is 9.94 Å². The third kappa shape index (κ3) is 4.79. The number of aromatic nitrogens is 1. The summed E-state index contributed by atoms with van der Waals surface area (Å²) in [5, 5.41) is 8.90. The largest absolute Gasteiger partial charge is 0.444 e. The van der Waals surface area contributed by atoms with Gasteiger partial charge in [-0.2, -0.15) is 0 Å². The molecule has 9 nitrogen and oxygen atoms in total. The highest BCUT2D eigenvalue weighted by Crippen LogP contribution is 2.29. The van der Waals surface area contributed by atoms with Crippen LogP contribution in [-0.4, -0.2) is 54.3 Å². The number of cyclic esters (lactones) is 1. The van der Waals surface area contributed by atoms with E-state index in [1.165, 1.54) is 17.3 Å². The number of nitrogens with zero attached hydrogens (tertiary/aromatic N) is 2. The molecule has 0 bridgehead atoms. The minimum atomic E-state index is -3.88. The van der Waals surface area contributed by atoms with E-state index in [9.17, 15) is 18.0 Å². The Morgan fingerprint density at radius 3 is 2.68 bits per heavy atom. The maximum absolute atomic E-state index is 12.2. The van der Waals surface area contributed by atoms with Gasteiger partial charge in [0, 0.05) is 18.9 Å². The molecule has 2 amide bonds. The summed E-state index contributed by atoms with van der Waals surface area (Å²) in [6, 6.07) is 3.62. The summed E-state index contributed by atoms with van der Waals surface area (Å²) in [7, 11) is -3.88. The first-order chi connectivity index (χ1) is 13.1. The van der Waals surface area contributed by atoms with Crippen molar-refractivity contribution >= 4 is 27.7 Å². The second-order valence-electron chi connectivity index (χ2n) is 7.25. The van der Waals surface area contributed by atoms with Crippen LogP contribution in [0.25, 0.3) is 0 Å². The molecule has 1 aliphatic heterocycles. The number of unbranched alkanes of at least 4 members (excludes halogenated alkanes) is 2. The zero-order valence-electron chi connectivity index (χ0n) is 16.3. The van der Waals surface area contributed by atoms with E-state index in [0.717, 1.165) is 37.5 Å². The first kappa shape index (κ1) is 22.1. The molecule has 0 radical (unpaired) electrons. The molecule has 0 aromatic carbocycles. The van der Waals surface area contributed by atoms with Gasteiger partial charge < -0.3 is 4.74 Å². The molecule has 1 aliphatic rings. The summed E-state index contributed by atoms with van der Waals surface area (Å²) in [5.41, 5.74) is 2.46. The lowest BCUT2D eigenvalue weighted by molar-refractivity contribution is -0.132. The van der Waals surface area contributed by atoms with Crippen LogP contribution >= 0.6 is 0 Å². The van der Waals surface area contributed by atoms with Crippen molar-refractivity contribution in [1.82, 2.24) is 10.5 Å². The number of rotatable bonds is 9. The summed E-state index contributed by atoms with van der Waals surface area (Å²) in [4.78, 5) is 29.8. The summed E-state index contributed by atoms with van der Waals surface area (Å²) in [6.07, 6.45) is 5.10. The van der Waals surface area contributed by atoms with Gasteiger partial charge in [-0.05, 0) is 31.4 Å². The quantitative estimate of drug-likeness (QED) is 0.359. The van der Waals surface area contributed by atoms with Crippen LogP contribution in [0.5, 0.6) is 0 Å². The zero-order valence-corrected chi connectivity index (χ0v) is 17.2. The Bertz CT molecular complexity index is 811. The zero-order chi connectivity index (χ0) is 20.9. The molecule has 2 atom stereocenters. The van der Waals surface area contributed by atoms with Crippen molar-refractivity contribution in [2.24, 2.45) is 0 Å². The van der Waals surface area contributed by atoms with Gasteiger partial charge in [0.1, 0.15) is 11.9 Å². The van der Waals surface area contributed by atoms with Gasteiger partial charge in [-0.1, -0.05) is 25.8 Å². The monoisotopic (exact) mass is 413 g/mol. The number of hydrogen-bond donors (Lipinski definition) is 2. The van der Waals surface area contributed by atoms with Gasteiger partial charge in [0.2, 0.25) is 0 Å². The van der Waals surface area contributed by atoms with Gasteiger partial charge in [0.05, 0.1) is 6.54 Å². The van der Waals surface area contributed by atoms with Crippen LogP contribution in [0.3, 0.4) is 0 Å². The molecule has 0 spiro atoms. The maximum Gasteiger partial charge on any atom is 0.415 e. The van der Waals surface area contributed by atoms with Gasteiger partial charge >= 0.3 is 6.09 Å². The SMILES string of the molecule is CCCCCc1ccc(N2CC(CC(C)(C(=O)NO)S(C)(=O)=O)OC2=O)nc1. The first-order valence-electron chi connectivity index (χ1n) is 9.19. The molecule has 156 valence electrons. The molecule has 2 unspecified atom stereocenters. The van der Waals surface area contributed by atoms with Gasteiger partial charge in [0.15, 0.2) is 14.6 Å². The third-order valence-electron chi connectivity index (χ3n) is 5.05. The molecular weight excluding hydrogens is 386 g/mol. The molecular formula is C18H27N3O6S. The average molecular weight is 413 g/mol. The van der Waals surface area contributed by atoms with Crippen LogP contribution in [0, 0.1) is 0 Å². The lowest BCUT2D eigenvalue weighted by Gasteiger charge is -2.26. The van der Waals surface area contributed by atoms with Gasteiger partial charge in [0.25, 0.3) is 5.91 Å². The second-order valence-corrected chi connectivity index (χ2v) is 9.69. The number of hydroxylamine groups is 1. The number of ether oxygens (including phenoxy) is 1. The predicted molar refractivity (Wildman–Crippen MR) is 103 cm³/mol. The van der Waals surface area contributed by atoms with Crippen LogP contribution in [0.15, 0.2) is 18.3 Å². The Morgan fingerprint density at radius 1 is 1.43 bits per heavy atom. The van der Waals surface area contributed by atoms with Crippen molar-refractivity contribution in [2.45, 2.75) is 56.8 Å². The second kappa shape index (κ2) is 8.87. The molecule has 1 fully saturated rings. The Morgan fingerprint density at radius 2 is 2.14 bits per heavy atom. The number of amides is 2. The number of hydrogen-bond acceptors (Lipinski definition) is 7. The van der Waals surface area contributed by atoms with Crippen molar-refractivity contribution in [3.8, 4) is 0 Å². The van der Waals surface area contributed by atoms with E-state index < -0.39 is 32.7 Å². The number of pyridine rings is 1. The van der Waals surface area contributed by atoms with Crippen molar-refractivity contribution in [1.29, 1.82) is 0 Å². The van der Waals surface area contributed by atoms with Crippen molar-refractivity contribution < 1.29 is 28.0 Å². The summed E-state index contributed by atoms with van der Waals surface area (Å²) in [6.45, 7) is 3.38. The van der Waals surface area contributed by atoms with Gasteiger partial charge in [-0.15, -0.1) is 0 Å². The minimum absolute atomic E-state index is 0.0604. The standard InChI is InChI=1S/C18H27N3O6S/c1-4-5-6-7-13-8-9-15(19-11-13)21-12-14(27-17(21)23)10-18(2,16(22)20-24)28(3,25)26/h8-9,11,14,24H,4-7,10,12H2,1-3H3,(H,20,22). The molecule has 0 aliphatic carbocycles. The minimum Gasteiger partial charge on any atom is -0.444 e. The predicted octanol–water partition coefficient (Wildman–Crippen LogP) is 1.84. The molecule has 2 rings (SSSR count). The highest BCUT2D eigenvalue weighted by atomic mass is 32.2. The normalized spacial score (nSPS) is 19.2. The van der Waals surface area contributed by atoms with E-state index in [-0.39, 0.29) is 13.0 Å². The van der Waals surface area contributed by atoms with Crippen LogP contribution < -0.4 is 10.4 Å². The molecule has 2 heterocycles. The van der Waals surface area contributed by atoms with Crippen LogP contribution in [0.2, 0.25) is 0 Å². The number of carbonyl (C=O) groups is 2. The van der Waals surface area contributed by atoms with Gasteiger partial charge in [-0.3, -0.25) is 14.9 Å². The van der Waals surface area contributed by atoms with E-state index in [1.807, 2.05) is 6.07 Å². The number of aryl methyl sites for hydroxylation is 1. The molecule has 1 saturated heterocycles. The number of anilines is 1. The average Bonchev–Trinajstić information content (AvgIpc) is 3.00. The van der Waals surface area contributed by atoms with Crippen molar-refractivity contribution in [2.75, 3.05) is 17.7 Å². The smallest absolute Gasteiger partial charge is 0.415 e. The fourth-order valence-corrected chi connectivity index (χ4v) is 3.95. The summed E-state index contributed by atoms with van der Waals surface area (Å²) < 4.78 is 27.5. The molecule has 1 aromatic rings. The molecule has 2 N–H and O–H groups in total. The number of nitrogens with one attached hydrogen (secondary N) is 1. The van der Waals surface area contributed by atoms with Crippen LogP contribution in [0.1, 0.15) is 45.1 Å². The van der Waals surface area contributed by atoms with Gasteiger partial charge in [-0.25, -0.2) is 23.7 Å². The Balaban J connectivity index is 2.09. The Kier molecular flexibility index (Phi) is 7.00. The number of carbonyl (C=O) groups excluding carboxylic acids is 2. The summed E-state index contributed by atoms with van der Waals surface area (Å²) >= 11 is 0. The summed E-state index contributed by atoms with van der Waals surface area (Å²) in [5.74, 6) is -0.668. The highest BCUT2D eigenvalue weighted by molar-refractivity contribution is 7.92. The van der Waals surface area contributed by atoms with E-state index in [0.29, 0.717) is 5.82 Å².